The fourth-order valence-corrected chi connectivity index (χ4v) is 4.75. The standard InChI is InChI=1S/C21H11Cl2F2NO2S/c22-13-3-1-12(2-4-13)21-16-9-17(23)18(25)10-19(16)26-11-20(21)29(27,28)15-7-5-14(24)6-8-15/h1-11H. The fraction of sp³-hybridized carbons (Fsp3) is 0. The summed E-state index contributed by atoms with van der Waals surface area (Å²) in [5.41, 5.74) is 1.08. The maximum absolute atomic E-state index is 13.9. The van der Waals surface area contributed by atoms with Crippen molar-refractivity contribution in [2.45, 2.75) is 9.79 Å². The lowest BCUT2D eigenvalue weighted by Gasteiger charge is -2.14. The predicted molar refractivity (Wildman–Crippen MR) is 109 cm³/mol. The third kappa shape index (κ3) is 3.59. The van der Waals surface area contributed by atoms with Crippen LogP contribution in [0, 0.1) is 11.6 Å². The first-order valence-electron chi connectivity index (χ1n) is 8.32. The van der Waals surface area contributed by atoms with Crippen molar-refractivity contribution in [1.82, 2.24) is 4.98 Å². The van der Waals surface area contributed by atoms with Crippen LogP contribution in [-0.4, -0.2) is 13.4 Å². The number of aromatic nitrogens is 1. The number of fused-ring (bicyclic) bond motifs is 1. The summed E-state index contributed by atoms with van der Waals surface area (Å²) in [5, 5.41) is 0.673. The maximum Gasteiger partial charge on any atom is 0.208 e. The van der Waals surface area contributed by atoms with E-state index in [1.54, 1.807) is 24.3 Å². The number of hydrogen-bond donors (Lipinski definition) is 0. The minimum absolute atomic E-state index is 0.0940. The molecular weight excluding hydrogens is 439 g/mol. The molecule has 0 unspecified atom stereocenters. The molecule has 8 heteroatoms. The van der Waals surface area contributed by atoms with E-state index in [9.17, 15) is 17.2 Å². The first kappa shape index (κ1) is 19.8. The number of benzene rings is 3. The molecule has 0 amide bonds. The van der Waals surface area contributed by atoms with E-state index in [0.29, 0.717) is 21.5 Å². The van der Waals surface area contributed by atoms with Crippen LogP contribution in [0.2, 0.25) is 10.0 Å². The first-order valence-corrected chi connectivity index (χ1v) is 10.6. The Morgan fingerprint density at radius 3 is 2.17 bits per heavy atom. The van der Waals surface area contributed by atoms with Crippen molar-refractivity contribution >= 4 is 43.9 Å². The van der Waals surface area contributed by atoms with E-state index in [1.807, 2.05) is 0 Å². The highest BCUT2D eigenvalue weighted by atomic mass is 35.5. The average molecular weight is 450 g/mol. The van der Waals surface area contributed by atoms with E-state index in [4.69, 9.17) is 23.2 Å². The number of halogens is 4. The zero-order valence-corrected chi connectivity index (χ0v) is 16.9. The van der Waals surface area contributed by atoms with Gasteiger partial charge in [-0.25, -0.2) is 17.2 Å². The SMILES string of the molecule is O=S(=O)(c1ccc(F)cc1)c1cnc2cc(F)c(Cl)cc2c1-c1ccc(Cl)cc1. The third-order valence-electron chi connectivity index (χ3n) is 4.42. The Hall–Kier alpha value is -2.54. The van der Waals surface area contributed by atoms with Gasteiger partial charge in [-0.05, 0) is 48.0 Å². The van der Waals surface area contributed by atoms with E-state index in [1.165, 1.54) is 18.2 Å². The number of nitrogens with zero attached hydrogens (tertiary/aromatic N) is 1. The second-order valence-corrected chi connectivity index (χ2v) is 9.01. The summed E-state index contributed by atoms with van der Waals surface area (Å²) in [6, 6.07) is 13.5. The van der Waals surface area contributed by atoms with Crippen LogP contribution >= 0.6 is 23.2 Å². The summed E-state index contributed by atoms with van der Waals surface area (Å²) >= 11 is 11.9. The van der Waals surface area contributed by atoms with E-state index < -0.39 is 21.5 Å². The Morgan fingerprint density at radius 1 is 0.862 bits per heavy atom. The van der Waals surface area contributed by atoms with E-state index in [2.05, 4.69) is 4.98 Å². The fourth-order valence-electron chi connectivity index (χ4n) is 3.03. The van der Waals surface area contributed by atoms with Gasteiger partial charge in [0.05, 0.1) is 20.3 Å². The lowest BCUT2D eigenvalue weighted by molar-refractivity contribution is 0.595. The van der Waals surface area contributed by atoms with Crippen LogP contribution in [0.15, 0.2) is 76.7 Å². The lowest BCUT2D eigenvalue weighted by atomic mass is 10.0. The van der Waals surface area contributed by atoms with Gasteiger partial charge in [0.15, 0.2) is 0 Å². The van der Waals surface area contributed by atoms with Crippen molar-refractivity contribution in [1.29, 1.82) is 0 Å². The minimum atomic E-state index is -4.06. The van der Waals surface area contributed by atoms with Crippen molar-refractivity contribution in [2.24, 2.45) is 0 Å². The van der Waals surface area contributed by atoms with E-state index >= 15 is 0 Å². The van der Waals surface area contributed by atoms with E-state index in [0.717, 1.165) is 24.4 Å². The van der Waals surface area contributed by atoms with Gasteiger partial charge in [0.25, 0.3) is 0 Å². The summed E-state index contributed by atoms with van der Waals surface area (Å²) in [4.78, 5) is 3.91. The molecule has 0 N–H and O–H groups in total. The van der Waals surface area contributed by atoms with Crippen LogP contribution in [0.1, 0.15) is 0 Å². The third-order valence-corrected chi connectivity index (χ3v) is 6.74. The summed E-state index contributed by atoms with van der Waals surface area (Å²) in [7, 11) is -4.06. The molecule has 0 saturated heterocycles. The molecule has 1 aromatic heterocycles. The van der Waals surface area contributed by atoms with Crippen LogP contribution < -0.4 is 0 Å². The second kappa shape index (κ2) is 7.37. The molecular formula is C21H11Cl2F2NO2S. The van der Waals surface area contributed by atoms with E-state index in [-0.39, 0.29) is 20.3 Å². The van der Waals surface area contributed by atoms with Gasteiger partial charge in [-0.2, -0.15) is 0 Å². The molecule has 3 aromatic carbocycles. The van der Waals surface area contributed by atoms with Crippen molar-refractivity contribution < 1.29 is 17.2 Å². The van der Waals surface area contributed by atoms with Gasteiger partial charge >= 0.3 is 0 Å². The molecule has 3 nitrogen and oxygen atoms in total. The van der Waals surface area contributed by atoms with Crippen molar-refractivity contribution in [3.05, 3.63) is 88.5 Å². The Bertz CT molecular complexity index is 1340. The van der Waals surface area contributed by atoms with Gasteiger partial charge in [0, 0.05) is 28.2 Å². The Labute approximate surface area is 175 Å². The molecule has 0 radical (unpaired) electrons. The van der Waals surface area contributed by atoms with Crippen LogP contribution in [0.25, 0.3) is 22.0 Å². The first-order chi connectivity index (χ1) is 13.8. The number of hydrogen-bond acceptors (Lipinski definition) is 3. The highest BCUT2D eigenvalue weighted by Crippen LogP contribution is 2.38. The highest BCUT2D eigenvalue weighted by Gasteiger charge is 2.25. The minimum Gasteiger partial charge on any atom is -0.255 e. The number of pyridine rings is 1. The van der Waals surface area contributed by atoms with Crippen molar-refractivity contribution in [2.75, 3.05) is 0 Å². The molecule has 4 aromatic rings. The molecule has 0 bridgehead atoms. The zero-order chi connectivity index (χ0) is 20.8. The normalized spacial score (nSPS) is 11.7. The molecule has 146 valence electrons. The Morgan fingerprint density at radius 2 is 1.52 bits per heavy atom. The van der Waals surface area contributed by atoms with Crippen molar-refractivity contribution in [3.8, 4) is 11.1 Å². The number of sulfone groups is 1. The molecule has 0 aliphatic heterocycles. The topological polar surface area (TPSA) is 47.0 Å². The summed E-state index contributed by atoms with van der Waals surface area (Å²) in [6.07, 6.45) is 1.16. The van der Waals surface area contributed by atoms with Crippen LogP contribution in [0.3, 0.4) is 0 Å². The highest BCUT2D eigenvalue weighted by molar-refractivity contribution is 7.91. The lowest BCUT2D eigenvalue weighted by Crippen LogP contribution is -2.06. The summed E-state index contributed by atoms with van der Waals surface area (Å²) in [5.74, 6) is -1.22. The molecule has 0 saturated carbocycles. The smallest absolute Gasteiger partial charge is 0.208 e. The van der Waals surface area contributed by atoms with Gasteiger partial charge in [-0.1, -0.05) is 35.3 Å². The van der Waals surface area contributed by atoms with Gasteiger partial charge in [-0.3, -0.25) is 4.98 Å². The quantitative estimate of drug-likeness (QED) is 0.343. The van der Waals surface area contributed by atoms with Crippen LogP contribution in [0.4, 0.5) is 8.78 Å². The molecule has 0 fully saturated rings. The Balaban J connectivity index is 2.08. The summed E-state index contributed by atoms with van der Waals surface area (Å²) in [6.45, 7) is 0. The predicted octanol–water partition coefficient (Wildman–Crippen LogP) is 6.32. The van der Waals surface area contributed by atoms with Gasteiger partial charge in [0.2, 0.25) is 9.84 Å². The Kier molecular flexibility index (Phi) is 5.02. The molecule has 29 heavy (non-hydrogen) atoms. The average Bonchev–Trinajstić information content (AvgIpc) is 2.69. The molecule has 0 spiro atoms. The monoisotopic (exact) mass is 449 g/mol. The second-order valence-electron chi connectivity index (χ2n) is 6.25. The zero-order valence-electron chi connectivity index (χ0n) is 14.5. The molecule has 4 rings (SSSR count). The summed E-state index contributed by atoms with van der Waals surface area (Å²) < 4.78 is 53.8. The maximum atomic E-state index is 13.9. The molecule has 0 aliphatic carbocycles. The van der Waals surface area contributed by atoms with Gasteiger partial charge in [-0.15, -0.1) is 0 Å². The van der Waals surface area contributed by atoms with Gasteiger partial charge < -0.3 is 0 Å². The van der Waals surface area contributed by atoms with Crippen LogP contribution in [0.5, 0.6) is 0 Å². The molecule has 0 atom stereocenters. The van der Waals surface area contributed by atoms with Gasteiger partial charge in [0.1, 0.15) is 11.6 Å². The number of rotatable bonds is 3. The molecule has 0 aliphatic rings. The van der Waals surface area contributed by atoms with Crippen LogP contribution in [-0.2, 0) is 9.84 Å². The van der Waals surface area contributed by atoms with Crippen molar-refractivity contribution in [3.63, 3.8) is 0 Å². The molecule has 1 heterocycles. The largest absolute Gasteiger partial charge is 0.255 e.